The fourth-order valence-electron chi connectivity index (χ4n) is 4.93. The molecule has 204 valence electrons. The third-order valence-electron chi connectivity index (χ3n) is 7.01. The molecule has 2 fully saturated rings. The molecular weight excluding hydrogens is 492 g/mol. The number of aromatic nitrogens is 4. The van der Waals surface area contributed by atoms with Gasteiger partial charge in [-0.2, -0.15) is 10.1 Å². The summed E-state index contributed by atoms with van der Waals surface area (Å²) in [5.74, 6) is 0.000496. The molecule has 3 aromatic rings. The average molecular weight is 528 g/mol. The number of halogens is 2. The molecule has 0 unspecified atom stereocenters. The van der Waals surface area contributed by atoms with E-state index in [0.29, 0.717) is 46.6 Å². The number of methoxy groups -OCH3 is 1. The summed E-state index contributed by atoms with van der Waals surface area (Å²) in [5, 5.41) is 11.3. The molecule has 38 heavy (non-hydrogen) atoms. The highest BCUT2D eigenvalue weighted by Gasteiger charge is 2.35. The Balaban J connectivity index is 1.44. The summed E-state index contributed by atoms with van der Waals surface area (Å²) in [6.45, 7) is 6.17. The lowest BCUT2D eigenvalue weighted by atomic mass is 10.1. The summed E-state index contributed by atoms with van der Waals surface area (Å²) in [6, 6.07) is 5.56. The number of fused-ring (bicyclic) bond motifs is 1. The van der Waals surface area contributed by atoms with Crippen LogP contribution >= 0.6 is 0 Å². The van der Waals surface area contributed by atoms with Crippen molar-refractivity contribution in [1.29, 1.82) is 0 Å². The highest BCUT2D eigenvalue weighted by atomic mass is 19.3. The van der Waals surface area contributed by atoms with Crippen molar-refractivity contribution in [3.05, 3.63) is 30.0 Å². The van der Waals surface area contributed by atoms with Crippen molar-refractivity contribution in [2.45, 2.75) is 45.0 Å². The van der Waals surface area contributed by atoms with Gasteiger partial charge in [-0.25, -0.2) is 13.8 Å². The van der Waals surface area contributed by atoms with Gasteiger partial charge in [0.05, 0.1) is 24.9 Å². The molecule has 9 nitrogen and oxygen atoms in total. The largest absolute Gasteiger partial charge is 0.493 e. The van der Waals surface area contributed by atoms with Crippen LogP contribution in [0.2, 0.25) is 0 Å². The van der Waals surface area contributed by atoms with Crippen LogP contribution in [-0.4, -0.2) is 77.4 Å². The monoisotopic (exact) mass is 527 g/mol. The molecule has 2 aliphatic heterocycles. The SMILES string of the molecule is C/C=C/c1cc(Nc2nc(N3CCC(F)(F)CC3)nc3cc(OCCCN4CCCC4)c(OC)cc23)n[nH]1. The zero-order chi connectivity index (χ0) is 26.5. The second-order valence-electron chi connectivity index (χ2n) is 9.82. The molecule has 0 radical (unpaired) electrons. The number of likely N-dealkylation sites (tertiary alicyclic amines) is 1. The van der Waals surface area contributed by atoms with Gasteiger partial charge in [-0.15, -0.1) is 0 Å². The molecule has 11 heteroatoms. The number of piperidine rings is 1. The fourth-order valence-corrected chi connectivity index (χ4v) is 4.93. The number of hydrogen-bond donors (Lipinski definition) is 2. The van der Waals surface area contributed by atoms with Crippen molar-refractivity contribution in [3.8, 4) is 11.5 Å². The van der Waals surface area contributed by atoms with E-state index < -0.39 is 5.92 Å². The van der Waals surface area contributed by atoms with Crippen LogP contribution in [0, 0.1) is 0 Å². The number of nitrogens with one attached hydrogen (secondary N) is 2. The molecule has 2 saturated heterocycles. The summed E-state index contributed by atoms with van der Waals surface area (Å²) in [7, 11) is 1.60. The first-order chi connectivity index (χ1) is 18.4. The van der Waals surface area contributed by atoms with Gasteiger partial charge in [0.2, 0.25) is 5.95 Å². The van der Waals surface area contributed by atoms with Crippen molar-refractivity contribution < 1.29 is 18.3 Å². The number of allylic oxidation sites excluding steroid dienone is 1. The first-order valence-corrected chi connectivity index (χ1v) is 13.3. The van der Waals surface area contributed by atoms with E-state index in [-0.39, 0.29) is 25.9 Å². The maximum absolute atomic E-state index is 13.8. The molecule has 0 amide bonds. The van der Waals surface area contributed by atoms with E-state index in [1.165, 1.54) is 12.8 Å². The van der Waals surface area contributed by atoms with Gasteiger partial charge >= 0.3 is 0 Å². The Kier molecular flexibility index (Phi) is 7.92. The van der Waals surface area contributed by atoms with Crippen molar-refractivity contribution in [3.63, 3.8) is 0 Å². The van der Waals surface area contributed by atoms with Crippen LogP contribution in [0.3, 0.4) is 0 Å². The van der Waals surface area contributed by atoms with Gasteiger partial charge in [0, 0.05) is 50.0 Å². The third kappa shape index (κ3) is 6.15. The molecule has 0 bridgehead atoms. The van der Waals surface area contributed by atoms with Gasteiger partial charge in [-0.3, -0.25) is 5.10 Å². The predicted octanol–water partition coefficient (Wildman–Crippen LogP) is 5.24. The molecule has 2 aliphatic rings. The van der Waals surface area contributed by atoms with Crippen LogP contribution in [-0.2, 0) is 0 Å². The topological polar surface area (TPSA) is 91.4 Å². The maximum Gasteiger partial charge on any atom is 0.251 e. The minimum Gasteiger partial charge on any atom is -0.493 e. The molecule has 0 aliphatic carbocycles. The van der Waals surface area contributed by atoms with E-state index in [1.807, 2.05) is 37.3 Å². The molecule has 0 spiro atoms. The minimum atomic E-state index is -2.66. The standard InChI is InChI=1S/C27H35F2N7O2/c1-3-7-19-16-24(34-33-19)31-25-20-17-22(37-2)23(38-15-6-12-35-10-4-5-11-35)18-21(20)30-26(32-25)36-13-8-27(28,29)9-14-36/h3,7,16-18H,4-6,8-15H2,1-2H3,(H2,30,31,32,33,34)/b7-3+. The van der Waals surface area contributed by atoms with Crippen LogP contribution in [0.4, 0.5) is 26.4 Å². The van der Waals surface area contributed by atoms with Crippen LogP contribution in [0.25, 0.3) is 17.0 Å². The Labute approximate surface area is 221 Å². The highest BCUT2D eigenvalue weighted by Crippen LogP contribution is 2.37. The van der Waals surface area contributed by atoms with Gasteiger partial charge in [0.1, 0.15) is 5.82 Å². The van der Waals surface area contributed by atoms with Crippen molar-refractivity contribution in [1.82, 2.24) is 25.1 Å². The Morgan fingerprint density at radius 2 is 1.87 bits per heavy atom. The van der Waals surface area contributed by atoms with E-state index in [9.17, 15) is 8.78 Å². The molecule has 1 aromatic carbocycles. The molecule has 0 saturated carbocycles. The van der Waals surface area contributed by atoms with Crippen LogP contribution in [0.15, 0.2) is 24.3 Å². The number of anilines is 3. The number of hydrogen-bond acceptors (Lipinski definition) is 8. The molecular formula is C27H35F2N7O2. The normalized spacial score (nSPS) is 17.9. The third-order valence-corrected chi connectivity index (χ3v) is 7.01. The zero-order valence-corrected chi connectivity index (χ0v) is 22.0. The number of rotatable bonds is 10. The van der Waals surface area contributed by atoms with E-state index in [0.717, 1.165) is 31.7 Å². The second-order valence-corrected chi connectivity index (χ2v) is 9.82. The fraction of sp³-hybridized carbons (Fsp3) is 0.519. The molecule has 2 N–H and O–H groups in total. The lowest BCUT2D eigenvalue weighted by Gasteiger charge is -2.32. The van der Waals surface area contributed by atoms with Gasteiger partial charge in [0.15, 0.2) is 17.3 Å². The number of ether oxygens (including phenoxy) is 2. The summed E-state index contributed by atoms with van der Waals surface area (Å²) < 4.78 is 39.4. The molecule has 4 heterocycles. The van der Waals surface area contributed by atoms with Gasteiger partial charge in [-0.1, -0.05) is 6.08 Å². The van der Waals surface area contributed by atoms with Crippen molar-refractivity contribution in [2.24, 2.45) is 0 Å². The first kappa shape index (κ1) is 26.1. The Morgan fingerprint density at radius 3 is 2.61 bits per heavy atom. The number of H-pyrrole nitrogens is 1. The summed E-state index contributed by atoms with van der Waals surface area (Å²) >= 11 is 0. The van der Waals surface area contributed by atoms with Crippen LogP contribution in [0.5, 0.6) is 11.5 Å². The van der Waals surface area contributed by atoms with Crippen LogP contribution < -0.4 is 19.7 Å². The Hall–Kier alpha value is -3.47. The highest BCUT2D eigenvalue weighted by molar-refractivity contribution is 5.94. The maximum atomic E-state index is 13.8. The summed E-state index contributed by atoms with van der Waals surface area (Å²) in [6.07, 6.45) is 6.82. The predicted molar refractivity (Wildman–Crippen MR) is 145 cm³/mol. The Morgan fingerprint density at radius 1 is 1.08 bits per heavy atom. The number of aromatic amines is 1. The smallest absolute Gasteiger partial charge is 0.251 e. The van der Waals surface area contributed by atoms with E-state index in [1.54, 1.807) is 12.0 Å². The first-order valence-electron chi connectivity index (χ1n) is 13.3. The lowest BCUT2D eigenvalue weighted by molar-refractivity contribution is -0.0222. The minimum absolute atomic E-state index is 0.182. The van der Waals surface area contributed by atoms with Crippen molar-refractivity contribution >= 4 is 34.6 Å². The van der Waals surface area contributed by atoms with E-state index in [4.69, 9.17) is 19.4 Å². The average Bonchev–Trinajstić information content (AvgIpc) is 3.58. The molecule has 2 aromatic heterocycles. The quantitative estimate of drug-likeness (QED) is 0.346. The molecule has 0 atom stereocenters. The van der Waals surface area contributed by atoms with Gasteiger partial charge in [-0.05, 0) is 51.4 Å². The Bertz CT molecular complexity index is 1260. The lowest BCUT2D eigenvalue weighted by Crippen LogP contribution is -2.40. The number of benzene rings is 1. The number of alkyl halides is 2. The molecule has 5 rings (SSSR count). The van der Waals surface area contributed by atoms with E-state index in [2.05, 4.69) is 20.4 Å². The van der Waals surface area contributed by atoms with Crippen LogP contribution in [0.1, 0.15) is 44.7 Å². The van der Waals surface area contributed by atoms with Crippen molar-refractivity contribution in [2.75, 3.05) is 56.7 Å². The summed E-state index contributed by atoms with van der Waals surface area (Å²) in [4.78, 5) is 13.8. The number of nitrogens with zero attached hydrogens (tertiary/aromatic N) is 5. The second kappa shape index (κ2) is 11.5. The zero-order valence-electron chi connectivity index (χ0n) is 22.0. The summed E-state index contributed by atoms with van der Waals surface area (Å²) in [5.41, 5.74) is 1.48. The van der Waals surface area contributed by atoms with Gasteiger partial charge < -0.3 is 24.6 Å². The van der Waals surface area contributed by atoms with E-state index >= 15 is 0 Å². The van der Waals surface area contributed by atoms with Gasteiger partial charge in [0.25, 0.3) is 5.92 Å².